The van der Waals surface area contributed by atoms with Gasteiger partial charge in [-0.25, -0.2) is 0 Å². The molecule has 0 N–H and O–H groups in total. The lowest BCUT2D eigenvalue weighted by Gasteiger charge is -2.04. The molecule has 0 spiro atoms. The molecule has 0 aromatic heterocycles. The van der Waals surface area contributed by atoms with Gasteiger partial charge in [0.2, 0.25) is 0 Å². The molecule has 0 heterocycles. The smallest absolute Gasteiger partial charge is 0.118 e. The third-order valence-corrected chi connectivity index (χ3v) is 2.86. The van der Waals surface area contributed by atoms with Gasteiger partial charge in [-0.3, -0.25) is 0 Å². The molecule has 84 valence electrons. The fraction of sp³-hybridized carbons (Fsp3) is 0.500. The zero-order chi connectivity index (χ0) is 10.9. The first-order valence-electron chi connectivity index (χ1n) is 5.13. The van der Waals surface area contributed by atoms with Crippen LogP contribution in [0, 0.1) is 0 Å². The average molecular weight is 320 g/mol. The van der Waals surface area contributed by atoms with Gasteiger partial charge in [-0.2, -0.15) is 0 Å². The molecule has 0 aliphatic rings. The minimum Gasteiger partial charge on any atom is -0.497 e. The molecule has 15 heavy (non-hydrogen) atoms. The van der Waals surface area contributed by atoms with E-state index < -0.39 is 0 Å². The summed E-state index contributed by atoms with van der Waals surface area (Å²) < 4.78 is 11.8. The van der Waals surface area contributed by atoms with Crippen LogP contribution in [-0.2, 0) is 11.3 Å². The maximum atomic E-state index is 5.55. The van der Waals surface area contributed by atoms with Gasteiger partial charge in [-0.1, -0.05) is 34.7 Å². The Morgan fingerprint density at radius 3 is 2.47 bits per heavy atom. The molecule has 0 aliphatic heterocycles. The molecule has 3 heteroatoms. The van der Waals surface area contributed by atoms with Crippen LogP contribution in [0.25, 0.3) is 0 Å². The molecule has 0 amide bonds. The molecule has 0 unspecified atom stereocenters. The minimum atomic E-state index is 0.700. The molecular formula is C12H17IO2. The van der Waals surface area contributed by atoms with Gasteiger partial charge in [0.25, 0.3) is 0 Å². The number of benzene rings is 1. The van der Waals surface area contributed by atoms with Crippen LogP contribution in [0.4, 0.5) is 0 Å². The first-order valence-corrected chi connectivity index (χ1v) is 6.66. The van der Waals surface area contributed by atoms with Crippen molar-refractivity contribution in [2.75, 3.05) is 18.1 Å². The van der Waals surface area contributed by atoms with Crippen molar-refractivity contribution in [3.05, 3.63) is 29.8 Å². The number of unbranched alkanes of at least 4 members (excludes halogenated alkanes) is 1. The zero-order valence-electron chi connectivity index (χ0n) is 9.04. The Kier molecular flexibility index (Phi) is 6.76. The third kappa shape index (κ3) is 5.37. The molecular weight excluding hydrogens is 303 g/mol. The minimum absolute atomic E-state index is 0.700. The zero-order valence-corrected chi connectivity index (χ0v) is 11.2. The maximum Gasteiger partial charge on any atom is 0.118 e. The average Bonchev–Trinajstić information content (AvgIpc) is 2.30. The predicted octanol–water partition coefficient (Wildman–Crippen LogP) is 3.43. The Balaban J connectivity index is 2.20. The Morgan fingerprint density at radius 1 is 1.13 bits per heavy atom. The summed E-state index contributed by atoms with van der Waals surface area (Å²) in [5.41, 5.74) is 1.20. The molecule has 1 aromatic carbocycles. The summed E-state index contributed by atoms with van der Waals surface area (Å²) in [6.45, 7) is 1.56. The van der Waals surface area contributed by atoms with Crippen molar-refractivity contribution in [2.24, 2.45) is 0 Å². The van der Waals surface area contributed by atoms with E-state index in [2.05, 4.69) is 22.6 Å². The monoisotopic (exact) mass is 320 g/mol. The van der Waals surface area contributed by atoms with Crippen LogP contribution in [-0.4, -0.2) is 18.1 Å². The van der Waals surface area contributed by atoms with E-state index in [4.69, 9.17) is 9.47 Å². The first kappa shape index (κ1) is 12.8. The van der Waals surface area contributed by atoms with Crippen molar-refractivity contribution in [1.82, 2.24) is 0 Å². The molecule has 2 nitrogen and oxygen atoms in total. The van der Waals surface area contributed by atoms with Crippen LogP contribution in [0.5, 0.6) is 5.75 Å². The van der Waals surface area contributed by atoms with Crippen molar-refractivity contribution in [2.45, 2.75) is 19.4 Å². The van der Waals surface area contributed by atoms with E-state index in [1.807, 2.05) is 24.3 Å². The van der Waals surface area contributed by atoms with Gasteiger partial charge >= 0.3 is 0 Å². The van der Waals surface area contributed by atoms with Gasteiger partial charge in [0.15, 0.2) is 0 Å². The number of rotatable bonds is 7. The molecule has 0 fully saturated rings. The summed E-state index contributed by atoms with van der Waals surface area (Å²) in [6, 6.07) is 8.00. The molecule has 0 saturated carbocycles. The van der Waals surface area contributed by atoms with E-state index in [0.29, 0.717) is 6.61 Å². The second-order valence-electron chi connectivity index (χ2n) is 3.30. The SMILES string of the molecule is COc1ccc(COCCCCI)cc1. The Labute approximate surface area is 105 Å². The van der Waals surface area contributed by atoms with Crippen molar-refractivity contribution in [3.8, 4) is 5.75 Å². The standard InChI is InChI=1S/C12H17IO2/c1-14-12-6-4-11(5-7-12)10-15-9-3-2-8-13/h4-7H,2-3,8-10H2,1H3. The fourth-order valence-corrected chi connectivity index (χ4v) is 1.75. The van der Waals surface area contributed by atoms with E-state index in [1.54, 1.807) is 7.11 Å². The predicted molar refractivity (Wildman–Crippen MR) is 70.8 cm³/mol. The highest BCUT2D eigenvalue weighted by atomic mass is 127. The van der Waals surface area contributed by atoms with Crippen molar-refractivity contribution in [3.63, 3.8) is 0 Å². The van der Waals surface area contributed by atoms with E-state index in [0.717, 1.165) is 18.8 Å². The highest BCUT2D eigenvalue weighted by Gasteiger charge is 1.94. The summed E-state index contributed by atoms with van der Waals surface area (Å²) in [5, 5.41) is 0. The number of alkyl halides is 1. The van der Waals surface area contributed by atoms with Crippen molar-refractivity contribution in [1.29, 1.82) is 0 Å². The van der Waals surface area contributed by atoms with Crippen molar-refractivity contribution < 1.29 is 9.47 Å². The number of hydrogen-bond donors (Lipinski definition) is 0. The van der Waals surface area contributed by atoms with Crippen LogP contribution >= 0.6 is 22.6 Å². The van der Waals surface area contributed by atoms with Gasteiger partial charge in [-0.15, -0.1) is 0 Å². The van der Waals surface area contributed by atoms with Gasteiger partial charge in [-0.05, 0) is 35.0 Å². The molecule has 0 atom stereocenters. The van der Waals surface area contributed by atoms with Crippen LogP contribution in [0.2, 0.25) is 0 Å². The normalized spacial score (nSPS) is 10.3. The number of hydrogen-bond acceptors (Lipinski definition) is 2. The van der Waals surface area contributed by atoms with Gasteiger partial charge in [0.05, 0.1) is 13.7 Å². The lowest BCUT2D eigenvalue weighted by molar-refractivity contribution is 0.118. The highest BCUT2D eigenvalue weighted by Crippen LogP contribution is 2.12. The summed E-state index contributed by atoms with van der Waals surface area (Å²) in [6.07, 6.45) is 2.39. The van der Waals surface area contributed by atoms with Crippen LogP contribution in [0.1, 0.15) is 18.4 Å². The van der Waals surface area contributed by atoms with E-state index in [-0.39, 0.29) is 0 Å². The van der Waals surface area contributed by atoms with Gasteiger partial charge < -0.3 is 9.47 Å². The Morgan fingerprint density at radius 2 is 1.87 bits per heavy atom. The Bertz CT molecular complexity index is 259. The summed E-state index contributed by atoms with van der Waals surface area (Å²) in [4.78, 5) is 0. The Hall–Kier alpha value is -0.290. The van der Waals surface area contributed by atoms with Crippen LogP contribution < -0.4 is 4.74 Å². The quantitative estimate of drug-likeness (QED) is 0.435. The summed E-state index contributed by atoms with van der Waals surface area (Å²) in [5.74, 6) is 0.892. The third-order valence-electron chi connectivity index (χ3n) is 2.10. The van der Waals surface area contributed by atoms with Gasteiger partial charge in [0.1, 0.15) is 5.75 Å². The topological polar surface area (TPSA) is 18.5 Å². The van der Waals surface area contributed by atoms with Gasteiger partial charge in [0, 0.05) is 6.61 Å². The number of halogens is 1. The molecule has 0 radical (unpaired) electrons. The van der Waals surface area contributed by atoms with E-state index in [1.165, 1.54) is 16.4 Å². The number of ether oxygens (including phenoxy) is 2. The van der Waals surface area contributed by atoms with Crippen LogP contribution in [0.3, 0.4) is 0 Å². The maximum absolute atomic E-state index is 5.55. The van der Waals surface area contributed by atoms with E-state index >= 15 is 0 Å². The molecule has 1 aromatic rings. The lowest BCUT2D eigenvalue weighted by Crippen LogP contribution is -1.95. The summed E-state index contributed by atoms with van der Waals surface area (Å²) in [7, 11) is 1.68. The molecule has 0 bridgehead atoms. The van der Waals surface area contributed by atoms with E-state index in [9.17, 15) is 0 Å². The highest BCUT2D eigenvalue weighted by molar-refractivity contribution is 14.1. The lowest BCUT2D eigenvalue weighted by atomic mass is 10.2. The molecule has 0 saturated heterocycles. The largest absolute Gasteiger partial charge is 0.497 e. The first-order chi connectivity index (χ1) is 7.36. The second kappa shape index (κ2) is 7.93. The fourth-order valence-electron chi connectivity index (χ4n) is 1.21. The summed E-state index contributed by atoms with van der Waals surface area (Å²) >= 11 is 2.39. The molecule has 0 aliphatic carbocycles. The second-order valence-corrected chi connectivity index (χ2v) is 4.38. The van der Waals surface area contributed by atoms with Crippen LogP contribution in [0.15, 0.2) is 24.3 Å². The number of methoxy groups -OCH3 is 1. The molecule has 1 rings (SSSR count). The van der Waals surface area contributed by atoms with Crippen molar-refractivity contribution >= 4 is 22.6 Å².